The van der Waals surface area contributed by atoms with Gasteiger partial charge in [0.1, 0.15) is 5.82 Å². The van der Waals surface area contributed by atoms with Gasteiger partial charge in [0.15, 0.2) is 5.69 Å². The first kappa shape index (κ1) is 19.3. The Morgan fingerprint density at radius 2 is 2.03 bits per heavy atom. The highest BCUT2D eigenvalue weighted by Crippen LogP contribution is 2.17. The molecule has 1 aromatic carbocycles. The van der Waals surface area contributed by atoms with E-state index >= 15 is 0 Å². The largest absolute Gasteiger partial charge is 0.348 e. The lowest BCUT2D eigenvalue weighted by Crippen LogP contribution is -2.46. The number of amides is 2. The average molecular weight is 413 g/mol. The van der Waals surface area contributed by atoms with Crippen molar-refractivity contribution in [1.82, 2.24) is 25.2 Å². The minimum absolute atomic E-state index is 0.0477. The predicted octanol–water partition coefficient (Wildman–Crippen LogP) is 2.81. The van der Waals surface area contributed by atoms with Crippen molar-refractivity contribution in [2.24, 2.45) is 0 Å². The maximum Gasteiger partial charge on any atom is 0.276 e. The Morgan fingerprint density at radius 1 is 1.24 bits per heavy atom. The molecule has 1 fully saturated rings. The van der Waals surface area contributed by atoms with Crippen LogP contribution in [0.2, 0.25) is 0 Å². The van der Waals surface area contributed by atoms with E-state index in [-0.39, 0.29) is 29.4 Å². The Hall–Kier alpha value is -3.07. The van der Waals surface area contributed by atoms with Crippen molar-refractivity contribution in [1.29, 1.82) is 0 Å². The summed E-state index contributed by atoms with van der Waals surface area (Å²) in [7, 11) is 0. The van der Waals surface area contributed by atoms with Gasteiger partial charge < -0.3 is 10.2 Å². The normalized spacial score (nSPS) is 14.8. The molecule has 29 heavy (non-hydrogen) atoms. The van der Waals surface area contributed by atoms with E-state index < -0.39 is 0 Å². The molecule has 0 radical (unpaired) electrons. The predicted molar refractivity (Wildman–Crippen MR) is 107 cm³/mol. The fourth-order valence-corrected chi connectivity index (χ4v) is 3.94. The lowest BCUT2D eigenvalue weighted by Gasteiger charge is -2.31. The molecule has 1 saturated heterocycles. The Morgan fingerprint density at radius 3 is 2.72 bits per heavy atom. The van der Waals surface area contributed by atoms with Gasteiger partial charge in [0.2, 0.25) is 0 Å². The molecule has 9 heteroatoms. The van der Waals surface area contributed by atoms with E-state index in [2.05, 4.69) is 15.6 Å². The van der Waals surface area contributed by atoms with Crippen molar-refractivity contribution in [2.45, 2.75) is 25.8 Å². The molecule has 1 aliphatic heterocycles. The van der Waals surface area contributed by atoms with E-state index in [1.807, 2.05) is 11.4 Å². The molecule has 0 unspecified atom stereocenters. The molecule has 1 aliphatic rings. The van der Waals surface area contributed by atoms with Crippen LogP contribution in [-0.4, -0.2) is 50.8 Å². The summed E-state index contributed by atoms with van der Waals surface area (Å²) in [5.41, 5.74) is 1.39. The molecule has 7 nitrogen and oxygen atoms in total. The van der Waals surface area contributed by atoms with Crippen molar-refractivity contribution in [3.63, 3.8) is 0 Å². The molecular formula is C20H20FN5O2S. The van der Waals surface area contributed by atoms with E-state index in [0.29, 0.717) is 42.1 Å². The molecule has 0 aliphatic carbocycles. The second-order valence-electron chi connectivity index (χ2n) is 7.00. The van der Waals surface area contributed by atoms with Gasteiger partial charge >= 0.3 is 0 Å². The number of nitrogens with one attached hydrogen (secondary N) is 1. The zero-order valence-corrected chi connectivity index (χ0v) is 16.7. The third-order valence-corrected chi connectivity index (χ3v) is 5.85. The maximum atomic E-state index is 13.4. The van der Waals surface area contributed by atoms with Crippen molar-refractivity contribution >= 4 is 23.2 Å². The summed E-state index contributed by atoms with van der Waals surface area (Å²) >= 11 is 1.41. The van der Waals surface area contributed by atoms with Crippen LogP contribution in [0.15, 0.2) is 41.9 Å². The number of halogens is 1. The molecule has 150 valence electrons. The zero-order valence-electron chi connectivity index (χ0n) is 15.8. The van der Waals surface area contributed by atoms with E-state index in [4.69, 9.17) is 0 Å². The molecule has 1 N–H and O–H groups in total. The number of aryl methyl sites for hydroxylation is 1. The van der Waals surface area contributed by atoms with Gasteiger partial charge in [0, 0.05) is 19.1 Å². The highest BCUT2D eigenvalue weighted by molar-refractivity contribution is 7.12. The van der Waals surface area contributed by atoms with Gasteiger partial charge in [-0.1, -0.05) is 11.3 Å². The number of hydrogen-bond acceptors (Lipinski definition) is 5. The van der Waals surface area contributed by atoms with Gasteiger partial charge in [0.05, 0.1) is 16.8 Å². The quantitative estimate of drug-likeness (QED) is 0.713. The number of carbonyl (C=O) groups excluding carboxylic acids is 2. The molecular weight excluding hydrogens is 393 g/mol. The van der Waals surface area contributed by atoms with Crippen molar-refractivity contribution < 1.29 is 14.0 Å². The SMILES string of the molecule is Cc1cc(-n2cc(C(=O)N3CCC(NC(=O)c4cccs4)CC3)nn2)ccc1F. The number of carbonyl (C=O) groups is 2. The number of benzene rings is 1. The monoisotopic (exact) mass is 413 g/mol. The molecule has 2 amide bonds. The molecule has 0 bridgehead atoms. The molecule has 4 rings (SSSR count). The van der Waals surface area contributed by atoms with Crippen LogP contribution in [0.25, 0.3) is 5.69 Å². The van der Waals surface area contributed by atoms with Gasteiger partial charge in [0.25, 0.3) is 11.8 Å². The van der Waals surface area contributed by atoms with Gasteiger partial charge in [-0.3, -0.25) is 9.59 Å². The lowest BCUT2D eigenvalue weighted by molar-refractivity contribution is 0.0692. The topological polar surface area (TPSA) is 80.1 Å². The van der Waals surface area contributed by atoms with E-state index in [9.17, 15) is 14.0 Å². The highest BCUT2D eigenvalue weighted by Gasteiger charge is 2.26. The van der Waals surface area contributed by atoms with Gasteiger partial charge in [-0.25, -0.2) is 9.07 Å². The molecule has 3 aromatic rings. The molecule has 2 aromatic heterocycles. The summed E-state index contributed by atoms with van der Waals surface area (Å²) in [5.74, 6) is -0.556. The van der Waals surface area contributed by atoms with Crippen LogP contribution in [-0.2, 0) is 0 Å². The van der Waals surface area contributed by atoms with Crippen molar-refractivity contribution in [3.8, 4) is 5.69 Å². The Balaban J connectivity index is 1.35. The van der Waals surface area contributed by atoms with Crippen LogP contribution in [0, 0.1) is 12.7 Å². The van der Waals surface area contributed by atoms with Gasteiger partial charge in [-0.2, -0.15) is 0 Å². The van der Waals surface area contributed by atoms with Crippen LogP contribution in [0.5, 0.6) is 0 Å². The van der Waals surface area contributed by atoms with Crippen LogP contribution in [0.4, 0.5) is 4.39 Å². The van der Waals surface area contributed by atoms with Crippen molar-refractivity contribution in [3.05, 3.63) is 63.9 Å². The minimum atomic E-state index is -0.292. The van der Waals surface area contributed by atoms with E-state index in [1.54, 1.807) is 36.2 Å². The van der Waals surface area contributed by atoms with Gasteiger partial charge in [-0.05, 0) is 55.0 Å². The Bertz CT molecular complexity index is 1030. The standard InChI is InChI=1S/C20H20FN5O2S/c1-13-11-15(4-5-16(13)21)26-12-17(23-24-26)20(28)25-8-6-14(7-9-25)22-19(27)18-3-2-10-29-18/h2-5,10-12,14H,6-9H2,1H3,(H,22,27). The first-order valence-electron chi connectivity index (χ1n) is 9.34. The van der Waals surface area contributed by atoms with Crippen LogP contribution in [0.3, 0.4) is 0 Å². The Kier molecular flexibility index (Phi) is 5.39. The van der Waals surface area contributed by atoms with E-state index in [1.165, 1.54) is 22.1 Å². The number of aromatic nitrogens is 3. The number of likely N-dealkylation sites (tertiary alicyclic amines) is 1. The van der Waals surface area contributed by atoms with Crippen LogP contribution < -0.4 is 5.32 Å². The summed E-state index contributed by atoms with van der Waals surface area (Å²) in [4.78, 5) is 27.3. The summed E-state index contributed by atoms with van der Waals surface area (Å²) in [5, 5.41) is 12.9. The molecule has 0 spiro atoms. The average Bonchev–Trinajstić information content (AvgIpc) is 3.42. The second kappa shape index (κ2) is 8.12. The smallest absolute Gasteiger partial charge is 0.276 e. The summed E-state index contributed by atoms with van der Waals surface area (Å²) in [6.45, 7) is 2.75. The fraction of sp³-hybridized carbons (Fsp3) is 0.300. The zero-order chi connectivity index (χ0) is 20.4. The first-order valence-corrected chi connectivity index (χ1v) is 10.2. The third-order valence-electron chi connectivity index (χ3n) is 4.98. The fourth-order valence-electron chi connectivity index (χ4n) is 3.31. The minimum Gasteiger partial charge on any atom is -0.348 e. The number of piperidine rings is 1. The van der Waals surface area contributed by atoms with E-state index in [0.717, 1.165) is 0 Å². The lowest BCUT2D eigenvalue weighted by atomic mass is 10.0. The molecule has 3 heterocycles. The van der Waals surface area contributed by atoms with Crippen LogP contribution in [0.1, 0.15) is 38.6 Å². The van der Waals surface area contributed by atoms with Crippen LogP contribution >= 0.6 is 11.3 Å². The molecule has 0 atom stereocenters. The maximum absolute atomic E-state index is 13.4. The Labute approximate surface area is 171 Å². The van der Waals surface area contributed by atoms with Gasteiger partial charge in [-0.15, -0.1) is 16.4 Å². The number of nitrogens with zero attached hydrogens (tertiary/aromatic N) is 4. The number of rotatable bonds is 4. The summed E-state index contributed by atoms with van der Waals surface area (Å²) in [6, 6.07) is 8.30. The number of thiophene rings is 1. The second-order valence-corrected chi connectivity index (χ2v) is 7.95. The first-order chi connectivity index (χ1) is 14.0. The number of hydrogen-bond donors (Lipinski definition) is 1. The summed E-state index contributed by atoms with van der Waals surface area (Å²) < 4.78 is 14.9. The molecule has 0 saturated carbocycles. The van der Waals surface area contributed by atoms with Crippen molar-refractivity contribution in [2.75, 3.05) is 13.1 Å². The third kappa shape index (κ3) is 4.19. The highest BCUT2D eigenvalue weighted by atomic mass is 32.1. The summed E-state index contributed by atoms with van der Waals surface area (Å²) in [6.07, 6.45) is 2.93.